The van der Waals surface area contributed by atoms with Crippen molar-refractivity contribution in [2.45, 2.75) is 45.6 Å². The number of halogens is 1. The van der Waals surface area contributed by atoms with Crippen molar-refractivity contribution in [3.8, 4) is 5.75 Å². The van der Waals surface area contributed by atoms with E-state index in [2.05, 4.69) is 27.8 Å². The third-order valence-corrected chi connectivity index (χ3v) is 4.59. The van der Waals surface area contributed by atoms with Crippen molar-refractivity contribution in [1.82, 2.24) is 9.88 Å². The maximum Gasteiger partial charge on any atom is 0.410 e. The van der Waals surface area contributed by atoms with Crippen LogP contribution in [0.4, 0.5) is 4.79 Å². The summed E-state index contributed by atoms with van der Waals surface area (Å²) in [7, 11) is 1.65. The molecule has 0 N–H and O–H groups in total. The van der Waals surface area contributed by atoms with E-state index < -0.39 is 5.60 Å². The molecule has 0 radical (unpaired) electrons. The Bertz CT molecular complexity index is 571. The zero-order chi connectivity index (χ0) is 17.2. The minimum absolute atomic E-state index is 0.232. The number of nitrogens with zero attached hydrogens (tertiary/aromatic N) is 2. The SMILES string of the molecule is COc1cc(C2CCN(C(=O)OC(C)(C)C)C[C@H]2C)ncc1Br. The fraction of sp³-hybridized carbons (Fsp3) is 0.647. The summed E-state index contributed by atoms with van der Waals surface area (Å²) >= 11 is 3.43. The van der Waals surface area contributed by atoms with Gasteiger partial charge in [-0.25, -0.2) is 4.79 Å². The van der Waals surface area contributed by atoms with Crippen LogP contribution in [-0.2, 0) is 4.74 Å². The molecule has 1 saturated heterocycles. The zero-order valence-corrected chi connectivity index (χ0v) is 16.0. The first-order chi connectivity index (χ1) is 10.7. The molecule has 1 amide bonds. The maximum atomic E-state index is 12.2. The summed E-state index contributed by atoms with van der Waals surface area (Å²) < 4.78 is 11.7. The van der Waals surface area contributed by atoms with Crippen molar-refractivity contribution in [3.63, 3.8) is 0 Å². The molecule has 0 spiro atoms. The Morgan fingerprint density at radius 2 is 2.13 bits per heavy atom. The van der Waals surface area contributed by atoms with Gasteiger partial charge in [0, 0.05) is 37.0 Å². The number of amides is 1. The molecular formula is C17H25BrN2O3. The van der Waals surface area contributed by atoms with Gasteiger partial charge in [0.2, 0.25) is 0 Å². The van der Waals surface area contributed by atoms with Gasteiger partial charge in [-0.05, 0) is 49.0 Å². The first-order valence-corrected chi connectivity index (χ1v) is 8.68. The molecule has 1 aliphatic rings. The number of hydrogen-bond donors (Lipinski definition) is 0. The van der Waals surface area contributed by atoms with Gasteiger partial charge in [0.15, 0.2) is 0 Å². The molecule has 0 aromatic carbocycles. The van der Waals surface area contributed by atoms with Crippen LogP contribution in [0, 0.1) is 5.92 Å². The molecule has 1 aliphatic heterocycles. The summed E-state index contributed by atoms with van der Waals surface area (Å²) in [6.45, 7) is 9.18. The summed E-state index contributed by atoms with van der Waals surface area (Å²) in [5, 5.41) is 0. The van der Waals surface area contributed by atoms with Crippen LogP contribution in [-0.4, -0.2) is 41.8 Å². The van der Waals surface area contributed by atoms with E-state index in [4.69, 9.17) is 9.47 Å². The number of pyridine rings is 1. The Kier molecular flexibility index (Phi) is 5.55. The van der Waals surface area contributed by atoms with Gasteiger partial charge in [-0.1, -0.05) is 6.92 Å². The number of carbonyl (C=O) groups excluding carboxylic acids is 1. The Hall–Kier alpha value is -1.30. The van der Waals surface area contributed by atoms with Gasteiger partial charge < -0.3 is 14.4 Å². The van der Waals surface area contributed by atoms with E-state index in [0.717, 1.165) is 22.3 Å². The fourth-order valence-corrected chi connectivity index (χ4v) is 3.25. The Morgan fingerprint density at radius 3 is 2.70 bits per heavy atom. The van der Waals surface area contributed by atoms with Gasteiger partial charge >= 0.3 is 6.09 Å². The lowest BCUT2D eigenvalue weighted by Crippen LogP contribution is -2.44. The van der Waals surface area contributed by atoms with Gasteiger partial charge in [-0.15, -0.1) is 0 Å². The molecule has 2 atom stereocenters. The molecule has 0 saturated carbocycles. The monoisotopic (exact) mass is 384 g/mol. The minimum atomic E-state index is -0.461. The third-order valence-electron chi connectivity index (χ3n) is 4.00. The van der Waals surface area contributed by atoms with Gasteiger partial charge in [-0.2, -0.15) is 0 Å². The molecular weight excluding hydrogens is 360 g/mol. The number of aromatic nitrogens is 1. The summed E-state index contributed by atoms with van der Waals surface area (Å²) in [5.41, 5.74) is 0.555. The van der Waals surface area contributed by atoms with E-state index in [9.17, 15) is 4.79 Å². The lowest BCUT2D eigenvalue weighted by Gasteiger charge is -2.37. The lowest BCUT2D eigenvalue weighted by molar-refractivity contribution is 0.0153. The third kappa shape index (κ3) is 4.59. The van der Waals surface area contributed by atoms with Crippen LogP contribution in [0.3, 0.4) is 0 Å². The van der Waals surface area contributed by atoms with Gasteiger partial charge in [0.1, 0.15) is 11.4 Å². The summed E-state index contributed by atoms with van der Waals surface area (Å²) in [6.07, 6.45) is 2.42. The number of carbonyl (C=O) groups is 1. The van der Waals surface area contributed by atoms with Gasteiger partial charge in [-0.3, -0.25) is 4.98 Å². The second-order valence-corrected chi connectivity index (χ2v) is 7.90. The number of likely N-dealkylation sites (tertiary alicyclic amines) is 1. The van der Waals surface area contributed by atoms with E-state index in [-0.39, 0.29) is 6.09 Å². The van der Waals surface area contributed by atoms with Crippen molar-refractivity contribution >= 4 is 22.0 Å². The number of hydrogen-bond acceptors (Lipinski definition) is 4. The molecule has 6 heteroatoms. The zero-order valence-electron chi connectivity index (χ0n) is 14.4. The van der Waals surface area contributed by atoms with Gasteiger partial charge in [0.25, 0.3) is 0 Å². The summed E-state index contributed by atoms with van der Waals surface area (Å²) in [6, 6.07) is 1.98. The van der Waals surface area contributed by atoms with E-state index in [1.165, 1.54) is 0 Å². The standard InChI is InChI=1S/C17H25BrN2O3/c1-11-10-20(16(21)23-17(2,3)4)7-6-12(11)14-8-15(22-5)13(18)9-19-14/h8-9,11-12H,6-7,10H2,1-5H3/t11-,12?/m1/s1. The second kappa shape index (κ2) is 7.07. The highest BCUT2D eigenvalue weighted by atomic mass is 79.9. The van der Waals surface area contributed by atoms with Crippen LogP contribution in [0.25, 0.3) is 0 Å². The number of rotatable bonds is 2. The first kappa shape index (κ1) is 18.0. The molecule has 2 heterocycles. The van der Waals surface area contributed by atoms with E-state index in [0.29, 0.717) is 24.9 Å². The van der Waals surface area contributed by atoms with Crippen molar-refractivity contribution < 1.29 is 14.3 Å². The van der Waals surface area contributed by atoms with Crippen molar-refractivity contribution in [2.24, 2.45) is 5.92 Å². The van der Waals surface area contributed by atoms with Crippen molar-refractivity contribution in [3.05, 3.63) is 22.4 Å². The molecule has 1 unspecified atom stereocenters. The van der Waals surface area contributed by atoms with Crippen LogP contribution in [0.2, 0.25) is 0 Å². The highest BCUT2D eigenvalue weighted by Gasteiger charge is 2.32. The second-order valence-electron chi connectivity index (χ2n) is 7.04. The van der Waals surface area contributed by atoms with E-state index in [1.54, 1.807) is 18.2 Å². The highest BCUT2D eigenvalue weighted by molar-refractivity contribution is 9.10. The van der Waals surface area contributed by atoms with Crippen LogP contribution < -0.4 is 4.74 Å². The van der Waals surface area contributed by atoms with Crippen molar-refractivity contribution in [2.75, 3.05) is 20.2 Å². The molecule has 23 heavy (non-hydrogen) atoms. The average molecular weight is 385 g/mol. The molecule has 1 aromatic heterocycles. The first-order valence-electron chi connectivity index (χ1n) is 7.88. The number of piperidine rings is 1. The van der Waals surface area contributed by atoms with Crippen LogP contribution in [0.15, 0.2) is 16.7 Å². The predicted octanol–water partition coefficient (Wildman–Crippen LogP) is 4.21. The largest absolute Gasteiger partial charge is 0.495 e. The molecule has 128 valence electrons. The summed E-state index contributed by atoms with van der Waals surface area (Å²) in [5.74, 6) is 1.42. The fourth-order valence-electron chi connectivity index (χ4n) is 2.87. The highest BCUT2D eigenvalue weighted by Crippen LogP contribution is 2.35. The van der Waals surface area contributed by atoms with Crippen LogP contribution in [0.1, 0.15) is 45.7 Å². The Balaban J connectivity index is 2.06. The Morgan fingerprint density at radius 1 is 1.43 bits per heavy atom. The Labute approximate surface area is 146 Å². The summed E-state index contributed by atoms with van der Waals surface area (Å²) in [4.78, 5) is 18.5. The van der Waals surface area contributed by atoms with Gasteiger partial charge in [0.05, 0.1) is 11.6 Å². The molecule has 0 bridgehead atoms. The van der Waals surface area contributed by atoms with Crippen LogP contribution in [0.5, 0.6) is 5.75 Å². The van der Waals surface area contributed by atoms with E-state index >= 15 is 0 Å². The quantitative estimate of drug-likeness (QED) is 0.765. The molecule has 5 nitrogen and oxygen atoms in total. The number of ether oxygens (including phenoxy) is 2. The van der Waals surface area contributed by atoms with Crippen molar-refractivity contribution in [1.29, 1.82) is 0 Å². The van der Waals surface area contributed by atoms with Crippen LogP contribution >= 0.6 is 15.9 Å². The predicted molar refractivity (Wildman–Crippen MR) is 92.8 cm³/mol. The maximum absolute atomic E-state index is 12.2. The molecule has 1 aromatic rings. The van der Waals surface area contributed by atoms with E-state index in [1.807, 2.05) is 26.8 Å². The molecule has 0 aliphatic carbocycles. The molecule has 2 rings (SSSR count). The normalized spacial score (nSPS) is 21.9. The average Bonchev–Trinajstić information content (AvgIpc) is 2.46. The molecule has 1 fully saturated rings. The lowest BCUT2D eigenvalue weighted by atomic mass is 9.84. The topological polar surface area (TPSA) is 51.7 Å². The smallest absolute Gasteiger partial charge is 0.410 e. The number of methoxy groups -OCH3 is 1. The minimum Gasteiger partial charge on any atom is -0.495 e.